The first-order valence-corrected chi connectivity index (χ1v) is 8.64. The van der Waals surface area contributed by atoms with Crippen molar-refractivity contribution < 1.29 is 14.7 Å². The monoisotopic (exact) mass is 359 g/mol. The molecular weight excluding hydrogens is 334 g/mol. The number of aliphatic carboxylic acids is 1. The van der Waals surface area contributed by atoms with Gasteiger partial charge < -0.3 is 15.3 Å². The summed E-state index contributed by atoms with van der Waals surface area (Å²) in [4.78, 5) is 25.2. The van der Waals surface area contributed by atoms with Crippen molar-refractivity contribution in [1.82, 2.24) is 25.2 Å². The zero-order valence-corrected chi connectivity index (χ0v) is 15.1. The highest BCUT2D eigenvalue weighted by atomic mass is 16.4. The maximum Gasteiger partial charge on any atom is 0.317 e. The Hall–Kier alpha value is -2.90. The molecule has 2 N–H and O–H groups in total. The van der Waals surface area contributed by atoms with E-state index in [9.17, 15) is 9.59 Å². The van der Waals surface area contributed by atoms with E-state index in [1.807, 2.05) is 37.3 Å². The molecule has 0 spiro atoms. The van der Waals surface area contributed by atoms with Gasteiger partial charge in [0.15, 0.2) is 0 Å². The van der Waals surface area contributed by atoms with E-state index in [-0.39, 0.29) is 18.5 Å². The van der Waals surface area contributed by atoms with Crippen molar-refractivity contribution in [2.24, 2.45) is 7.05 Å². The minimum Gasteiger partial charge on any atom is -0.481 e. The molecule has 0 radical (unpaired) electrons. The Morgan fingerprint density at radius 2 is 2.04 bits per heavy atom. The summed E-state index contributed by atoms with van der Waals surface area (Å²) in [5, 5.41) is 19.8. The number of rotatable bonds is 9. The van der Waals surface area contributed by atoms with Crippen LogP contribution < -0.4 is 5.32 Å². The molecule has 1 atom stereocenters. The number of carbonyl (C=O) groups is 2. The molecule has 1 unspecified atom stereocenters. The molecule has 0 saturated carbocycles. The van der Waals surface area contributed by atoms with Crippen LogP contribution in [0.25, 0.3) is 0 Å². The Bertz CT molecular complexity index is 717. The van der Waals surface area contributed by atoms with Gasteiger partial charge in [-0.05, 0) is 25.3 Å². The van der Waals surface area contributed by atoms with Crippen molar-refractivity contribution in [3.8, 4) is 0 Å². The maximum absolute atomic E-state index is 12.6. The molecule has 0 aliphatic rings. The fourth-order valence-electron chi connectivity index (χ4n) is 2.68. The number of aromatic nitrogens is 3. The number of carbonyl (C=O) groups excluding carboxylic acids is 1. The van der Waals surface area contributed by atoms with Crippen LogP contribution in [-0.2, 0) is 24.8 Å². The number of nitrogens with zero attached hydrogens (tertiary/aromatic N) is 4. The van der Waals surface area contributed by atoms with Crippen molar-refractivity contribution in [2.45, 2.75) is 38.8 Å². The lowest BCUT2D eigenvalue weighted by Gasteiger charge is -2.25. The van der Waals surface area contributed by atoms with Crippen LogP contribution in [0.1, 0.15) is 31.0 Å². The fraction of sp³-hybridized carbons (Fsp3) is 0.444. The fourth-order valence-corrected chi connectivity index (χ4v) is 2.68. The molecule has 2 aromatic rings. The average Bonchev–Trinajstić information content (AvgIpc) is 3.03. The van der Waals surface area contributed by atoms with Crippen LogP contribution in [0.15, 0.2) is 36.5 Å². The molecule has 0 fully saturated rings. The summed E-state index contributed by atoms with van der Waals surface area (Å²) in [6, 6.07) is 9.24. The van der Waals surface area contributed by atoms with Crippen molar-refractivity contribution in [2.75, 3.05) is 6.54 Å². The van der Waals surface area contributed by atoms with Gasteiger partial charge >= 0.3 is 12.0 Å². The zero-order valence-electron chi connectivity index (χ0n) is 15.1. The minimum atomic E-state index is -0.871. The van der Waals surface area contributed by atoms with E-state index >= 15 is 0 Å². The molecule has 2 rings (SSSR count). The highest BCUT2D eigenvalue weighted by molar-refractivity contribution is 5.74. The highest BCUT2D eigenvalue weighted by Gasteiger charge is 2.19. The molecule has 1 aromatic heterocycles. The molecular formula is C18H25N5O3. The van der Waals surface area contributed by atoms with Gasteiger partial charge in [-0.25, -0.2) is 4.79 Å². The predicted molar refractivity (Wildman–Crippen MR) is 96.4 cm³/mol. The number of nitrogens with one attached hydrogen (secondary N) is 1. The molecule has 0 bridgehead atoms. The van der Waals surface area contributed by atoms with Crippen LogP contribution in [0, 0.1) is 0 Å². The summed E-state index contributed by atoms with van der Waals surface area (Å²) in [6.07, 6.45) is 2.73. The third kappa shape index (κ3) is 6.19. The smallest absolute Gasteiger partial charge is 0.317 e. The first-order valence-electron chi connectivity index (χ1n) is 8.64. The molecule has 1 heterocycles. The lowest BCUT2D eigenvalue weighted by atomic mass is 10.0. The first kappa shape index (κ1) is 19.4. The minimum absolute atomic E-state index is 0.00800. The van der Waals surface area contributed by atoms with Crippen molar-refractivity contribution in [3.63, 3.8) is 0 Å². The van der Waals surface area contributed by atoms with Gasteiger partial charge in [0.1, 0.15) is 5.69 Å². The quantitative estimate of drug-likeness (QED) is 0.711. The van der Waals surface area contributed by atoms with Crippen LogP contribution in [0.4, 0.5) is 4.79 Å². The summed E-state index contributed by atoms with van der Waals surface area (Å²) >= 11 is 0. The molecule has 0 saturated heterocycles. The van der Waals surface area contributed by atoms with Gasteiger partial charge in [0.2, 0.25) is 0 Å². The standard InChI is InChI=1S/C18H25N5O3/c1-3-23(13-16-12-22(2)21-20-16)18(26)19-15(9-10-17(24)25)11-14-7-5-4-6-8-14/h4-8,12,15H,3,9-11,13H2,1-2H3,(H,19,26)(H,24,25). The number of aryl methyl sites for hydroxylation is 1. The second-order valence-corrected chi connectivity index (χ2v) is 6.17. The van der Waals surface area contributed by atoms with E-state index in [4.69, 9.17) is 5.11 Å². The van der Waals surface area contributed by atoms with E-state index in [0.717, 1.165) is 5.56 Å². The lowest BCUT2D eigenvalue weighted by Crippen LogP contribution is -2.45. The summed E-state index contributed by atoms with van der Waals surface area (Å²) in [5.41, 5.74) is 1.76. The lowest BCUT2D eigenvalue weighted by molar-refractivity contribution is -0.137. The number of hydrogen-bond donors (Lipinski definition) is 2. The Labute approximate surface area is 152 Å². The SMILES string of the molecule is CCN(Cc1cn(C)nn1)C(=O)NC(CCC(=O)O)Cc1ccccc1. The van der Waals surface area contributed by atoms with Crippen LogP contribution in [0.3, 0.4) is 0 Å². The van der Waals surface area contributed by atoms with Crippen molar-refractivity contribution >= 4 is 12.0 Å². The molecule has 8 heteroatoms. The van der Waals surface area contributed by atoms with Gasteiger partial charge in [0, 0.05) is 32.3 Å². The van der Waals surface area contributed by atoms with Gasteiger partial charge in [0.25, 0.3) is 0 Å². The molecule has 0 aliphatic heterocycles. The molecule has 26 heavy (non-hydrogen) atoms. The summed E-state index contributed by atoms with van der Waals surface area (Å²) in [5.74, 6) is -0.871. The molecule has 140 valence electrons. The number of benzene rings is 1. The van der Waals surface area contributed by atoms with Crippen molar-refractivity contribution in [1.29, 1.82) is 0 Å². The normalized spacial score (nSPS) is 11.8. The van der Waals surface area contributed by atoms with Gasteiger partial charge in [-0.3, -0.25) is 9.48 Å². The van der Waals surface area contributed by atoms with Gasteiger partial charge in [-0.15, -0.1) is 5.10 Å². The number of carboxylic acids is 1. The second kappa shape index (κ2) is 9.55. The van der Waals surface area contributed by atoms with E-state index in [1.54, 1.807) is 22.8 Å². The average molecular weight is 359 g/mol. The Balaban J connectivity index is 2.01. The molecule has 1 aromatic carbocycles. The zero-order chi connectivity index (χ0) is 18.9. The molecule has 2 amide bonds. The van der Waals surface area contributed by atoms with Crippen LogP contribution in [0.5, 0.6) is 0 Å². The topological polar surface area (TPSA) is 100 Å². The maximum atomic E-state index is 12.6. The third-order valence-electron chi connectivity index (χ3n) is 4.03. The summed E-state index contributed by atoms with van der Waals surface area (Å²) in [7, 11) is 1.77. The highest BCUT2D eigenvalue weighted by Crippen LogP contribution is 2.09. The van der Waals surface area contributed by atoms with Crippen LogP contribution in [-0.4, -0.2) is 49.6 Å². The third-order valence-corrected chi connectivity index (χ3v) is 4.03. The van der Waals surface area contributed by atoms with Gasteiger partial charge in [-0.1, -0.05) is 35.5 Å². The Morgan fingerprint density at radius 3 is 2.62 bits per heavy atom. The van der Waals surface area contributed by atoms with Crippen molar-refractivity contribution in [3.05, 3.63) is 47.8 Å². The summed E-state index contributed by atoms with van der Waals surface area (Å²) < 4.78 is 1.59. The number of amides is 2. The van der Waals surface area contributed by atoms with E-state index < -0.39 is 5.97 Å². The summed E-state index contributed by atoms with van der Waals surface area (Å²) in [6.45, 7) is 2.76. The van der Waals surface area contributed by atoms with Crippen LogP contribution in [0.2, 0.25) is 0 Å². The Morgan fingerprint density at radius 1 is 1.31 bits per heavy atom. The van der Waals surface area contributed by atoms with E-state index in [1.165, 1.54) is 0 Å². The van der Waals surface area contributed by atoms with E-state index in [2.05, 4.69) is 15.6 Å². The predicted octanol–water partition coefficient (Wildman–Crippen LogP) is 1.82. The molecule has 0 aliphatic carbocycles. The van der Waals surface area contributed by atoms with Gasteiger partial charge in [0.05, 0.1) is 6.54 Å². The number of urea groups is 1. The first-order chi connectivity index (χ1) is 12.5. The second-order valence-electron chi connectivity index (χ2n) is 6.17. The van der Waals surface area contributed by atoms with E-state index in [0.29, 0.717) is 31.6 Å². The van der Waals surface area contributed by atoms with Gasteiger partial charge in [-0.2, -0.15) is 0 Å². The number of hydrogen-bond acceptors (Lipinski definition) is 4. The Kier molecular flexibility index (Phi) is 7.13. The molecule has 8 nitrogen and oxygen atoms in total. The number of carboxylic acid groups (broad SMARTS) is 1. The van der Waals surface area contributed by atoms with Crippen LogP contribution >= 0.6 is 0 Å². The largest absolute Gasteiger partial charge is 0.481 e.